The number of nitriles is 1. The van der Waals surface area contributed by atoms with Crippen LogP contribution in [0.5, 0.6) is 0 Å². The largest absolute Gasteiger partial charge is 0.480 e. The molecule has 0 aromatic heterocycles. The summed E-state index contributed by atoms with van der Waals surface area (Å²) < 4.78 is 0. The highest BCUT2D eigenvalue weighted by Crippen LogP contribution is 2.21. The Kier molecular flexibility index (Phi) is 4.03. The molecule has 1 aliphatic rings. The summed E-state index contributed by atoms with van der Waals surface area (Å²) in [6, 6.07) is 9.26. The maximum Gasteiger partial charge on any atom is 0.320 e. The minimum atomic E-state index is -0.786. The maximum absolute atomic E-state index is 11.0. The van der Waals surface area contributed by atoms with E-state index in [1.807, 2.05) is 29.2 Å². The Labute approximate surface area is 112 Å². The summed E-state index contributed by atoms with van der Waals surface area (Å²) in [5.41, 5.74) is 1.61. The Hall–Kier alpha value is -2.06. The van der Waals surface area contributed by atoms with Crippen molar-refractivity contribution in [2.24, 2.45) is 0 Å². The molecule has 0 spiro atoms. The molecule has 1 aromatic carbocycles. The van der Waals surface area contributed by atoms with Gasteiger partial charge in [-0.25, -0.2) is 0 Å². The molecular weight excluding hydrogens is 242 g/mol. The van der Waals surface area contributed by atoms with Crippen molar-refractivity contribution in [3.8, 4) is 6.07 Å². The van der Waals surface area contributed by atoms with E-state index in [1.165, 1.54) is 0 Å². The fourth-order valence-corrected chi connectivity index (χ4v) is 2.35. The van der Waals surface area contributed by atoms with Gasteiger partial charge in [-0.15, -0.1) is 0 Å². The minimum Gasteiger partial charge on any atom is -0.480 e. The molecule has 0 aliphatic carbocycles. The Morgan fingerprint density at radius 2 is 1.95 bits per heavy atom. The molecule has 1 aliphatic heterocycles. The van der Waals surface area contributed by atoms with Crippen LogP contribution in [0.2, 0.25) is 0 Å². The Morgan fingerprint density at radius 3 is 2.53 bits per heavy atom. The third-order valence-electron chi connectivity index (χ3n) is 3.58. The van der Waals surface area contributed by atoms with Crippen LogP contribution in [0, 0.1) is 11.3 Å². The quantitative estimate of drug-likeness (QED) is 0.882. The summed E-state index contributed by atoms with van der Waals surface area (Å²) in [5, 5.41) is 18.1. The topological polar surface area (TPSA) is 67.6 Å². The first-order valence-electron chi connectivity index (χ1n) is 6.34. The molecule has 1 atom stereocenters. The van der Waals surface area contributed by atoms with Gasteiger partial charge in [0.25, 0.3) is 0 Å². The number of piperazine rings is 1. The van der Waals surface area contributed by atoms with E-state index in [9.17, 15) is 4.79 Å². The third kappa shape index (κ3) is 2.85. The third-order valence-corrected chi connectivity index (χ3v) is 3.58. The van der Waals surface area contributed by atoms with Gasteiger partial charge in [-0.3, -0.25) is 9.69 Å². The number of benzene rings is 1. The predicted molar refractivity (Wildman–Crippen MR) is 72.0 cm³/mol. The number of hydrogen-bond acceptors (Lipinski definition) is 4. The number of nitrogens with zero attached hydrogens (tertiary/aromatic N) is 3. The predicted octanol–water partition coefficient (Wildman–Crippen LogP) is 1.15. The van der Waals surface area contributed by atoms with Crippen molar-refractivity contribution in [1.29, 1.82) is 5.26 Å². The number of carbonyl (C=O) groups is 1. The van der Waals surface area contributed by atoms with Gasteiger partial charge in [0.15, 0.2) is 0 Å². The highest BCUT2D eigenvalue weighted by atomic mass is 16.4. The minimum absolute atomic E-state index is 0.451. The number of aliphatic carboxylic acids is 1. The van der Waals surface area contributed by atoms with Crippen LogP contribution in [0.1, 0.15) is 12.5 Å². The highest BCUT2D eigenvalue weighted by molar-refractivity contribution is 5.73. The molecule has 1 saturated heterocycles. The zero-order valence-electron chi connectivity index (χ0n) is 10.9. The second kappa shape index (κ2) is 5.72. The van der Waals surface area contributed by atoms with E-state index in [-0.39, 0.29) is 0 Å². The van der Waals surface area contributed by atoms with Crippen molar-refractivity contribution < 1.29 is 9.90 Å². The molecule has 1 unspecified atom stereocenters. The summed E-state index contributed by atoms with van der Waals surface area (Å²) in [7, 11) is 0. The van der Waals surface area contributed by atoms with Gasteiger partial charge < -0.3 is 10.0 Å². The van der Waals surface area contributed by atoms with E-state index in [1.54, 1.807) is 6.92 Å². The summed E-state index contributed by atoms with van der Waals surface area (Å²) in [6.07, 6.45) is 0. The molecule has 100 valence electrons. The number of carboxylic acids is 1. The van der Waals surface area contributed by atoms with Crippen LogP contribution in [-0.2, 0) is 4.79 Å². The number of rotatable bonds is 3. The molecule has 0 radical (unpaired) electrons. The van der Waals surface area contributed by atoms with Gasteiger partial charge in [-0.05, 0) is 19.1 Å². The molecule has 1 N–H and O–H groups in total. The van der Waals surface area contributed by atoms with Crippen LogP contribution in [0.4, 0.5) is 5.69 Å². The van der Waals surface area contributed by atoms with Crippen molar-refractivity contribution in [2.45, 2.75) is 13.0 Å². The fourth-order valence-electron chi connectivity index (χ4n) is 2.35. The Morgan fingerprint density at radius 1 is 1.32 bits per heavy atom. The SMILES string of the molecule is CC(C(=O)O)N1CCN(c2ccccc2C#N)CC1. The first kappa shape index (κ1) is 13.4. The lowest BCUT2D eigenvalue weighted by molar-refractivity contribution is -0.142. The molecule has 1 fully saturated rings. The molecule has 2 rings (SSSR count). The van der Waals surface area contributed by atoms with Crippen LogP contribution in [0.3, 0.4) is 0 Å². The van der Waals surface area contributed by atoms with Crippen LogP contribution < -0.4 is 4.90 Å². The fraction of sp³-hybridized carbons (Fsp3) is 0.429. The standard InChI is InChI=1S/C14H17N3O2/c1-11(14(18)19)16-6-8-17(9-7-16)13-5-3-2-4-12(13)10-15/h2-5,11H,6-9H2,1H3,(H,18,19). The first-order chi connectivity index (χ1) is 9.13. The summed E-state index contributed by atoms with van der Waals surface area (Å²) in [6.45, 7) is 4.61. The van der Waals surface area contributed by atoms with Crippen molar-refractivity contribution in [3.63, 3.8) is 0 Å². The van der Waals surface area contributed by atoms with Crippen LogP contribution in [0.15, 0.2) is 24.3 Å². The average molecular weight is 259 g/mol. The van der Waals surface area contributed by atoms with Crippen molar-refractivity contribution in [1.82, 2.24) is 4.90 Å². The van der Waals surface area contributed by atoms with Gasteiger partial charge in [0, 0.05) is 26.2 Å². The normalized spacial score (nSPS) is 17.8. The molecular formula is C14H17N3O2. The van der Waals surface area contributed by atoms with Crippen LogP contribution in [0.25, 0.3) is 0 Å². The van der Waals surface area contributed by atoms with E-state index in [0.717, 1.165) is 18.8 Å². The molecule has 0 saturated carbocycles. The summed E-state index contributed by atoms with van der Waals surface area (Å²) >= 11 is 0. The van der Waals surface area contributed by atoms with Crippen LogP contribution in [-0.4, -0.2) is 48.2 Å². The van der Waals surface area contributed by atoms with Crippen LogP contribution >= 0.6 is 0 Å². The summed E-state index contributed by atoms with van der Waals surface area (Å²) in [5.74, 6) is -0.786. The van der Waals surface area contributed by atoms with Crippen molar-refractivity contribution >= 4 is 11.7 Å². The zero-order chi connectivity index (χ0) is 13.8. The van der Waals surface area contributed by atoms with Gasteiger partial charge in [-0.2, -0.15) is 5.26 Å². The Balaban J connectivity index is 2.04. The Bertz CT molecular complexity index is 502. The second-order valence-corrected chi connectivity index (χ2v) is 4.67. The smallest absolute Gasteiger partial charge is 0.320 e. The monoisotopic (exact) mass is 259 g/mol. The zero-order valence-corrected chi connectivity index (χ0v) is 10.9. The number of para-hydroxylation sites is 1. The van der Waals surface area contributed by atoms with Gasteiger partial charge >= 0.3 is 5.97 Å². The van der Waals surface area contributed by atoms with Gasteiger partial charge in [0.05, 0.1) is 11.3 Å². The van der Waals surface area contributed by atoms with Gasteiger partial charge in [0.2, 0.25) is 0 Å². The first-order valence-corrected chi connectivity index (χ1v) is 6.34. The molecule has 1 heterocycles. The van der Waals surface area contributed by atoms with Crippen molar-refractivity contribution in [3.05, 3.63) is 29.8 Å². The van der Waals surface area contributed by atoms with Gasteiger partial charge in [0.1, 0.15) is 12.1 Å². The molecule has 5 heteroatoms. The molecule has 19 heavy (non-hydrogen) atoms. The van der Waals surface area contributed by atoms with Gasteiger partial charge in [-0.1, -0.05) is 12.1 Å². The van der Waals surface area contributed by atoms with E-state index < -0.39 is 12.0 Å². The maximum atomic E-state index is 11.0. The lowest BCUT2D eigenvalue weighted by atomic mass is 10.1. The number of carboxylic acid groups (broad SMARTS) is 1. The number of hydrogen-bond donors (Lipinski definition) is 1. The summed E-state index contributed by atoms with van der Waals surface area (Å²) in [4.78, 5) is 15.0. The van der Waals surface area contributed by atoms with E-state index >= 15 is 0 Å². The average Bonchev–Trinajstić information content (AvgIpc) is 2.46. The van der Waals surface area contributed by atoms with E-state index in [2.05, 4.69) is 11.0 Å². The van der Waals surface area contributed by atoms with E-state index in [4.69, 9.17) is 10.4 Å². The highest BCUT2D eigenvalue weighted by Gasteiger charge is 2.25. The molecule has 0 bridgehead atoms. The lowest BCUT2D eigenvalue weighted by Crippen LogP contribution is -2.51. The molecule has 1 aromatic rings. The second-order valence-electron chi connectivity index (χ2n) is 4.67. The lowest BCUT2D eigenvalue weighted by Gasteiger charge is -2.38. The van der Waals surface area contributed by atoms with Crippen molar-refractivity contribution in [2.75, 3.05) is 31.1 Å². The van der Waals surface area contributed by atoms with E-state index in [0.29, 0.717) is 18.7 Å². The molecule has 5 nitrogen and oxygen atoms in total. The number of anilines is 1. The molecule has 0 amide bonds.